The number of β-amino-alcohol motifs (C(OH)–C–C–N with tert-alkyl or cyclic N) is 1. The zero-order valence-electron chi connectivity index (χ0n) is 22.2. The number of anilines is 3. The highest BCUT2D eigenvalue weighted by molar-refractivity contribution is 7.16. The van der Waals surface area contributed by atoms with Crippen molar-refractivity contribution in [3.63, 3.8) is 0 Å². The van der Waals surface area contributed by atoms with Crippen molar-refractivity contribution >= 4 is 39.3 Å². The van der Waals surface area contributed by atoms with Gasteiger partial charge >= 0.3 is 0 Å². The maximum absolute atomic E-state index is 13.5. The van der Waals surface area contributed by atoms with Gasteiger partial charge in [-0.25, -0.2) is 13.9 Å². The van der Waals surface area contributed by atoms with E-state index in [9.17, 15) is 19.6 Å². The van der Waals surface area contributed by atoms with E-state index in [1.165, 1.54) is 23.5 Å². The summed E-state index contributed by atoms with van der Waals surface area (Å²) >= 11 is 1.30. The van der Waals surface area contributed by atoms with Gasteiger partial charge in [0, 0.05) is 62.0 Å². The monoisotopic (exact) mass is 557 g/mol. The van der Waals surface area contributed by atoms with Crippen LogP contribution in [0, 0.1) is 28.5 Å². The second-order valence-electron chi connectivity index (χ2n) is 11.1. The predicted octanol–water partition coefficient (Wildman–Crippen LogP) is 3.83. The van der Waals surface area contributed by atoms with Crippen molar-refractivity contribution in [2.75, 3.05) is 43.0 Å². The van der Waals surface area contributed by atoms with Crippen molar-refractivity contribution in [3.8, 4) is 17.3 Å². The van der Waals surface area contributed by atoms with Crippen LogP contribution >= 0.6 is 11.3 Å². The van der Waals surface area contributed by atoms with Gasteiger partial charge in [0.05, 0.1) is 23.0 Å². The van der Waals surface area contributed by atoms with Gasteiger partial charge in [-0.05, 0) is 49.2 Å². The summed E-state index contributed by atoms with van der Waals surface area (Å²) in [5.74, 6) is -0.0803. The van der Waals surface area contributed by atoms with Crippen LogP contribution in [0.3, 0.4) is 0 Å². The Labute approximate surface area is 234 Å². The number of nitriles is 1. The van der Waals surface area contributed by atoms with Gasteiger partial charge in [0.15, 0.2) is 5.13 Å². The zero-order chi connectivity index (χ0) is 27.8. The molecule has 3 aliphatic rings. The molecule has 1 saturated carbocycles. The number of aryl methyl sites for hydroxylation is 1. The van der Waals surface area contributed by atoms with Crippen LogP contribution in [0.1, 0.15) is 23.9 Å². The summed E-state index contributed by atoms with van der Waals surface area (Å²) in [4.78, 5) is 24.1. The lowest BCUT2D eigenvalue weighted by molar-refractivity contribution is -0.143. The third-order valence-corrected chi connectivity index (χ3v) is 9.53. The van der Waals surface area contributed by atoms with Crippen molar-refractivity contribution in [1.29, 1.82) is 5.26 Å². The Morgan fingerprint density at radius 1 is 1.27 bits per heavy atom. The molecule has 1 aliphatic carbocycles. The van der Waals surface area contributed by atoms with Gasteiger partial charge in [0.1, 0.15) is 22.5 Å². The van der Waals surface area contributed by atoms with E-state index in [1.54, 1.807) is 17.0 Å². The van der Waals surface area contributed by atoms with E-state index in [0.717, 1.165) is 48.5 Å². The predicted molar refractivity (Wildman–Crippen MR) is 150 cm³/mol. The van der Waals surface area contributed by atoms with Crippen LogP contribution in [-0.4, -0.2) is 69.8 Å². The normalized spacial score (nSPS) is 19.4. The highest BCUT2D eigenvalue weighted by Crippen LogP contribution is 2.60. The molecule has 0 bridgehead atoms. The van der Waals surface area contributed by atoms with Crippen LogP contribution in [0.5, 0.6) is 0 Å². The summed E-state index contributed by atoms with van der Waals surface area (Å²) in [7, 11) is 1.93. The Kier molecular flexibility index (Phi) is 5.63. The fraction of sp³-hybridized carbons (Fsp3) is 0.379. The minimum atomic E-state index is -0.371. The molecule has 204 valence electrons. The summed E-state index contributed by atoms with van der Waals surface area (Å²) in [6.07, 6.45) is 3.24. The molecule has 3 fully saturated rings. The van der Waals surface area contributed by atoms with Crippen molar-refractivity contribution in [2.24, 2.45) is 11.3 Å². The van der Waals surface area contributed by atoms with Crippen molar-refractivity contribution in [2.45, 2.75) is 25.9 Å². The Bertz CT molecular complexity index is 1680. The molecule has 4 aromatic rings. The molecule has 5 heterocycles. The molecule has 1 N–H and O–H groups in total. The Hall–Kier alpha value is -4.01. The van der Waals surface area contributed by atoms with Gasteiger partial charge in [0.25, 0.3) is 0 Å². The first-order valence-electron chi connectivity index (χ1n) is 13.4. The molecule has 1 unspecified atom stereocenters. The average molecular weight is 558 g/mol. The molecule has 1 spiro atoms. The molecule has 1 amide bonds. The molecule has 1 aromatic carbocycles. The lowest BCUT2D eigenvalue weighted by atomic mass is 9.92. The third kappa shape index (κ3) is 3.85. The summed E-state index contributed by atoms with van der Waals surface area (Å²) in [6, 6.07) is 12.5. The first-order chi connectivity index (χ1) is 19.3. The van der Waals surface area contributed by atoms with Crippen molar-refractivity contribution in [1.82, 2.24) is 19.5 Å². The number of hydrogen-bond donors (Lipinski definition) is 1. The number of benzene rings is 1. The number of rotatable bonds is 6. The molecule has 1 atom stereocenters. The number of halogens is 1. The van der Waals surface area contributed by atoms with E-state index < -0.39 is 0 Å². The second-order valence-corrected chi connectivity index (χ2v) is 12.1. The van der Waals surface area contributed by atoms with Crippen LogP contribution in [-0.2, 0) is 11.2 Å². The number of thiazole rings is 1. The van der Waals surface area contributed by atoms with Crippen LogP contribution in [0.25, 0.3) is 16.8 Å². The van der Waals surface area contributed by atoms with Crippen LogP contribution in [0.15, 0.2) is 42.6 Å². The molecule has 11 heteroatoms. The van der Waals surface area contributed by atoms with E-state index >= 15 is 0 Å². The summed E-state index contributed by atoms with van der Waals surface area (Å²) in [5, 5.41) is 24.8. The minimum Gasteiger partial charge on any atom is -0.389 e. The number of carbonyl (C=O) groups excluding carboxylic acids is 1. The number of aliphatic hydroxyl groups is 1. The van der Waals surface area contributed by atoms with Gasteiger partial charge in [-0.2, -0.15) is 10.4 Å². The third-order valence-electron chi connectivity index (χ3n) is 8.49. The highest BCUT2D eigenvalue weighted by atomic mass is 32.1. The molecular formula is C29H28FN7O2S. The van der Waals surface area contributed by atoms with Crippen LogP contribution in [0.2, 0.25) is 0 Å². The molecule has 0 radical (unpaired) electrons. The molecule has 7 rings (SSSR count). The standard InChI is InChI=1S/C29H28FN7O2S/c1-3-22-26(34(2)28-32-25(24(12-31)40-28)17-4-6-18(30)7-5-17)23-10-19(8-9-37(23)33-22)36-15-29(16-36)11-21(29)27(39)35-13-20(38)14-35/h4-10,20-21,38H,3,11,13-16H2,1-2H3. The Morgan fingerprint density at radius 3 is 2.70 bits per heavy atom. The topological polar surface area (TPSA) is 101 Å². The Balaban J connectivity index is 1.16. The van der Waals surface area contributed by atoms with Crippen LogP contribution in [0.4, 0.5) is 20.9 Å². The van der Waals surface area contributed by atoms with Gasteiger partial charge in [-0.1, -0.05) is 18.3 Å². The first kappa shape index (κ1) is 25.0. The lowest BCUT2D eigenvalue weighted by Gasteiger charge is -2.44. The number of aromatic nitrogens is 3. The smallest absolute Gasteiger partial charge is 0.226 e. The average Bonchev–Trinajstić information content (AvgIpc) is 3.35. The number of pyridine rings is 1. The minimum absolute atomic E-state index is 0.0591. The number of hydrogen-bond acceptors (Lipinski definition) is 8. The summed E-state index contributed by atoms with van der Waals surface area (Å²) in [5.41, 5.74) is 5.16. The number of nitrogens with zero attached hydrogens (tertiary/aromatic N) is 7. The molecule has 2 saturated heterocycles. The Morgan fingerprint density at radius 2 is 2.02 bits per heavy atom. The van der Waals surface area contributed by atoms with E-state index in [-0.39, 0.29) is 29.2 Å². The number of likely N-dealkylation sites (tertiary alicyclic amines) is 1. The van der Waals surface area contributed by atoms with E-state index in [1.807, 2.05) is 22.7 Å². The van der Waals surface area contributed by atoms with Gasteiger partial charge < -0.3 is 19.8 Å². The van der Waals surface area contributed by atoms with E-state index in [2.05, 4.69) is 30.0 Å². The SMILES string of the molecule is CCc1nn2ccc(N3CC4(CC4C(=O)N4CC(O)C4)C3)cc2c1N(C)c1nc(-c2ccc(F)cc2)c(C#N)s1. The number of aliphatic hydroxyl groups excluding tert-OH is 1. The molecule has 2 aliphatic heterocycles. The first-order valence-corrected chi connectivity index (χ1v) is 14.3. The largest absolute Gasteiger partial charge is 0.389 e. The van der Waals surface area contributed by atoms with Gasteiger partial charge in [0.2, 0.25) is 5.91 Å². The quantitative estimate of drug-likeness (QED) is 0.385. The molecule has 40 heavy (non-hydrogen) atoms. The van der Waals surface area contributed by atoms with E-state index in [0.29, 0.717) is 34.4 Å². The zero-order valence-corrected chi connectivity index (χ0v) is 23.0. The van der Waals surface area contributed by atoms with Gasteiger partial charge in [-0.3, -0.25) is 4.79 Å². The van der Waals surface area contributed by atoms with E-state index in [4.69, 9.17) is 10.1 Å². The fourth-order valence-corrected chi connectivity index (χ4v) is 6.95. The molecule has 9 nitrogen and oxygen atoms in total. The van der Waals surface area contributed by atoms with Gasteiger partial charge in [-0.15, -0.1) is 0 Å². The molecular weight excluding hydrogens is 529 g/mol. The second kappa shape index (κ2) is 9.01. The lowest BCUT2D eigenvalue weighted by Crippen LogP contribution is -2.56. The molecule has 3 aromatic heterocycles. The summed E-state index contributed by atoms with van der Waals surface area (Å²) < 4.78 is 15.4. The number of carbonyl (C=O) groups is 1. The van der Waals surface area contributed by atoms with Crippen molar-refractivity contribution < 1.29 is 14.3 Å². The van der Waals surface area contributed by atoms with Crippen LogP contribution < -0.4 is 9.80 Å². The maximum atomic E-state index is 13.5. The summed E-state index contributed by atoms with van der Waals surface area (Å²) in [6.45, 7) is 4.67. The van der Waals surface area contributed by atoms with Crippen molar-refractivity contribution in [3.05, 3.63) is 59.0 Å². The number of fused-ring (bicyclic) bond motifs is 1. The fourth-order valence-electron chi connectivity index (χ4n) is 6.10. The number of amides is 1. The highest BCUT2D eigenvalue weighted by Gasteiger charge is 2.65. The maximum Gasteiger partial charge on any atom is 0.226 e.